The molecule has 1 aliphatic heterocycles. The summed E-state index contributed by atoms with van der Waals surface area (Å²) in [6, 6.07) is 13.9. The van der Waals surface area contributed by atoms with Crippen LogP contribution in [0.15, 0.2) is 84.3 Å². The molecule has 1 aromatic carbocycles. The summed E-state index contributed by atoms with van der Waals surface area (Å²) < 4.78 is 12.6. The molecular formula is C36H48N6O6. The van der Waals surface area contributed by atoms with Crippen molar-refractivity contribution in [1.29, 1.82) is 0 Å². The van der Waals surface area contributed by atoms with Crippen molar-refractivity contribution < 1.29 is 29.0 Å². The molecule has 2 aromatic heterocycles. The number of carbonyl (C=O) groups is 3. The number of anilines is 2. The van der Waals surface area contributed by atoms with Gasteiger partial charge in [0.05, 0.1) is 17.9 Å². The molecule has 0 saturated carbocycles. The minimum absolute atomic E-state index is 0.174. The number of methoxy groups -OCH3 is 1. The van der Waals surface area contributed by atoms with E-state index < -0.39 is 6.10 Å². The SMILES string of the molecule is C/C=C(\C=C(/CC)C(=O)Nc1cc(C(=O)Nc2ccc(CNC3CC(OC)OC(C)C3O)cc2)n(C)c1)NC(=O)c1ccccn1.CC. The number of nitrogens with zero attached hydrogens (tertiary/aromatic N) is 2. The van der Waals surface area contributed by atoms with E-state index in [1.54, 1.807) is 68.3 Å². The highest BCUT2D eigenvalue weighted by Gasteiger charge is 2.35. The van der Waals surface area contributed by atoms with Gasteiger partial charge in [-0.05, 0) is 62.2 Å². The zero-order valence-electron chi connectivity index (χ0n) is 28.7. The number of aliphatic hydroxyl groups is 1. The predicted octanol–water partition coefficient (Wildman–Crippen LogP) is 4.91. The summed E-state index contributed by atoms with van der Waals surface area (Å²) in [4.78, 5) is 42.8. The number of pyridine rings is 1. The smallest absolute Gasteiger partial charge is 0.274 e. The molecule has 1 saturated heterocycles. The third-order valence-corrected chi connectivity index (χ3v) is 7.71. The van der Waals surface area contributed by atoms with E-state index in [0.29, 0.717) is 47.7 Å². The topological polar surface area (TPSA) is 156 Å². The normalized spacial score (nSPS) is 19.5. The lowest BCUT2D eigenvalue weighted by atomic mass is 9.99. The zero-order valence-corrected chi connectivity index (χ0v) is 28.7. The summed E-state index contributed by atoms with van der Waals surface area (Å²) >= 11 is 0. The molecule has 4 rings (SSSR count). The van der Waals surface area contributed by atoms with Crippen LogP contribution in [0.4, 0.5) is 11.4 Å². The van der Waals surface area contributed by atoms with Crippen molar-refractivity contribution in [2.45, 2.75) is 78.5 Å². The maximum atomic E-state index is 13.1. The third-order valence-electron chi connectivity index (χ3n) is 7.71. The number of nitrogens with one attached hydrogen (secondary N) is 4. The Labute approximate surface area is 282 Å². The van der Waals surface area contributed by atoms with Crippen LogP contribution in [0.25, 0.3) is 0 Å². The van der Waals surface area contributed by atoms with Crippen LogP contribution in [-0.4, -0.2) is 64.0 Å². The van der Waals surface area contributed by atoms with Gasteiger partial charge in [0.2, 0.25) is 0 Å². The summed E-state index contributed by atoms with van der Waals surface area (Å²) in [7, 11) is 3.31. The van der Waals surface area contributed by atoms with Crippen molar-refractivity contribution in [3.63, 3.8) is 0 Å². The number of allylic oxidation sites excluding steroid dienone is 2. The molecule has 0 bridgehead atoms. The first-order valence-corrected chi connectivity index (χ1v) is 16.2. The second-order valence-electron chi connectivity index (χ2n) is 11.0. The average Bonchev–Trinajstić information content (AvgIpc) is 3.48. The van der Waals surface area contributed by atoms with E-state index in [1.807, 2.05) is 52.0 Å². The third kappa shape index (κ3) is 10.4. The lowest BCUT2D eigenvalue weighted by molar-refractivity contribution is -0.215. The number of aryl methyl sites for hydroxylation is 1. The van der Waals surface area contributed by atoms with Gasteiger partial charge >= 0.3 is 0 Å². The number of aliphatic hydroxyl groups excluding tert-OH is 1. The van der Waals surface area contributed by atoms with E-state index in [-0.39, 0.29) is 41.9 Å². The summed E-state index contributed by atoms with van der Waals surface area (Å²) in [5.74, 6) is -1.06. The summed E-state index contributed by atoms with van der Waals surface area (Å²) in [6.45, 7) is 9.95. The zero-order chi connectivity index (χ0) is 35.2. The molecule has 0 radical (unpaired) electrons. The Morgan fingerprint density at radius 3 is 2.44 bits per heavy atom. The fourth-order valence-corrected chi connectivity index (χ4v) is 5.02. The van der Waals surface area contributed by atoms with Gasteiger partial charge in [0.25, 0.3) is 17.7 Å². The first kappa shape index (κ1) is 37.8. The highest BCUT2D eigenvalue weighted by atomic mass is 16.7. The Morgan fingerprint density at radius 2 is 1.81 bits per heavy atom. The van der Waals surface area contributed by atoms with Crippen molar-refractivity contribution in [1.82, 2.24) is 20.2 Å². The van der Waals surface area contributed by atoms with E-state index in [1.165, 1.54) is 6.20 Å². The monoisotopic (exact) mass is 660 g/mol. The number of carbonyl (C=O) groups excluding carboxylic acids is 3. The lowest BCUT2D eigenvalue weighted by Crippen LogP contribution is -2.53. The van der Waals surface area contributed by atoms with Gasteiger partial charge in [-0.1, -0.05) is 45.0 Å². The predicted molar refractivity (Wildman–Crippen MR) is 186 cm³/mol. The van der Waals surface area contributed by atoms with Gasteiger partial charge < -0.3 is 40.4 Å². The Hall–Kier alpha value is -4.62. The number of hydrogen-bond donors (Lipinski definition) is 5. The van der Waals surface area contributed by atoms with Gasteiger partial charge in [-0.2, -0.15) is 0 Å². The van der Waals surface area contributed by atoms with Crippen LogP contribution in [0.2, 0.25) is 0 Å². The number of hydrogen-bond acceptors (Lipinski definition) is 8. The van der Waals surface area contributed by atoms with E-state index in [0.717, 1.165) is 5.56 Å². The molecule has 3 aromatic rings. The van der Waals surface area contributed by atoms with Crippen molar-refractivity contribution >= 4 is 29.1 Å². The molecule has 12 heteroatoms. The maximum absolute atomic E-state index is 13.1. The Balaban J connectivity index is 0.00000307. The first-order valence-electron chi connectivity index (χ1n) is 16.2. The molecule has 1 fully saturated rings. The molecule has 3 heterocycles. The van der Waals surface area contributed by atoms with Crippen molar-refractivity contribution in [2.75, 3.05) is 17.7 Å². The van der Waals surface area contributed by atoms with Crippen LogP contribution in [0.3, 0.4) is 0 Å². The fourth-order valence-electron chi connectivity index (χ4n) is 5.02. The molecule has 12 nitrogen and oxygen atoms in total. The van der Waals surface area contributed by atoms with Crippen molar-refractivity contribution in [2.24, 2.45) is 7.05 Å². The number of rotatable bonds is 12. The number of amides is 3. The molecule has 1 aliphatic rings. The second-order valence-corrected chi connectivity index (χ2v) is 11.0. The highest BCUT2D eigenvalue weighted by molar-refractivity contribution is 6.07. The average molecular weight is 661 g/mol. The number of aromatic nitrogens is 2. The first-order chi connectivity index (χ1) is 23.1. The van der Waals surface area contributed by atoms with Gasteiger partial charge in [0.1, 0.15) is 11.4 Å². The van der Waals surface area contributed by atoms with Gasteiger partial charge in [-0.15, -0.1) is 0 Å². The van der Waals surface area contributed by atoms with Gasteiger partial charge in [0.15, 0.2) is 6.29 Å². The molecular weight excluding hydrogens is 612 g/mol. The van der Waals surface area contributed by atoms with Gasteiger partial charge in [0, 0.05) is 62.5 Å². The Kier molecular flexibility index (Phi) is 14.7. The molecule has 258 valence electrons. The molecule has 4 unspecified atom stereocenters. The minimum atomic E-state index is -0.648. The number of ether oxygens (including phenoxy) is 2. The van der Waals surface area contributed by atoms with Crippen LogP contribution in [0.5, 0.6) is 0 Å². The van der Waals surface area contributed by atoms with E-state index in [2.05, 4.69) is 26.3 Å². The van der Waals surface area contributed by atoms with Crippen molar-refractivity contribution in [3.8, 4) is 0 Å². The van der Waals surface area contributed by atoms with Gasteiger partial charge in [-0.25, -0.2) is 0 Å². The van der Waals surface area contributed by atoms with Crippen LogP contribution in [0, 0.1) is 0 Å². The van der Waals surface area contributed by atoms with Crippen molar-refractivity contribution in [3.05, 3.63) is 101 Å². The summed E-state index contributed by atoms with van der Waals surface area (Å²) in [5, 5.41) is 22.4. The van der Waals surface area contributed by atoms with E-state index in [9.17, 15) is 19.5 Å². The van der Waals surface area contributed by atoms with Crippen LogP contribution < -0.4 is 21.3 Å². The summed E-state index contributed by atoms with van der Waals surface area (Å²) in [6.07, 6.45) is 6.11. The molecule has 4 atom stereocenters. The molecule has 0 spiro atoms. The molecule has 48 heavy (non-hydrogen) atoms. The van der Waals surface area contributed by atoms with Crippen LogP contribution >= 0.6 is 0 Å². The molecule has 3 amide bonds. The highest BCUT2D eigenvalue weighted by Crippen LogP contribution is 2.22. The van der Waals surface area contributed by atoms with Gasteiger partial charge in [-0.3, -0.25) is 19.4 Å². The maximum Gasteiger partial charge on any atom is 0.274 e. The largest absolute Gasteiger partial charge is 0.389 e. The molecule has 5 N–H and O–H groups in total. The van der Waals surface area contributed by atoms with Crippen LogP contribution in [0.1, 0.15) is 74.0 Å². The van der Waals surface area contributed by atoms with Crippen LogP contribution in [-0.2, 0) is 27.9 Å². The molecule has 0 aliphatic carbocycles. The Morgan fingerprint density at radius 1 is 1.08 bits per heavy atom. The van der Waals surface area contributed by atoms with E-state index >= 15 is 0 Å². The minimum Gasteiger partial charge on any atom is -0.389 e. The lowest BCUT2D eigenvalue weighted by Gasteiger charge is -2.37. The van der Waals surface area contributed by atoms with E-state index in [4.69, 9.17) is 9.47 Å². The standard InChI is InChI=1S/C34H42N6O6.C2H6/c1-6-23(16-24(7-2)37-33(43)27-10-8-9-15-35-27)32(42)39-26-17-29(40(4)20-26)34(44)38-25-13-11-22(12-14-25)19-36-28-18-30(45-5)46-21(3)31(28)41;1-2/h7-17,20-21,28,30-31,36,41H,6,18-19H2,1-5H3,(H,37,43)(H,38,44)(H,39,42);1-2H3/b23-16+,24-7+;. The fraction of sp³-hybridized carbons (Fsp3) is 0.389. The number of benzene rings is 1. The second kappa shape index (κ2) is 18.6. The quantitative estimate of drug-likeness (QED) is 0.136. The summed E-state index contributed by atoms with van der Waals surface area (Å²) in [5.41, 5.74) is 3.59. The Bertz CT molecular complexity index is 1570.